The second kappa shape index (κ2) is 6.30. The summed E-state index contributed by atoms with van der Waals surface area (Å²) in [6.07, 6.45) is 3.11. The van der Waals surface area contributed by atoms with Gasteiger partial charge in [0, 0.05) is 6.04 Å². The summed E-state index contributed by atoms with van der Waals surface area (Å²) in [5.41, 5.74) is 4.31. The first-order valence-electron chi connectivity index (χ1n) is 7.84. The van der Waals surface area contributed by atoms with Crippen molar-refractivity contribution in [3.63, 3.8) is 0 Å². The van der Waals surface area contributed by atoms with E-state index in [0.717, 1.165) is 23.1 Å². The Morgan fingerprint density at radius 2 is 1.70 bits per heavy atom. The van der Waals surface area contributed by atoms with Gasteiger partial charge in [-0.05, 0) is 55.0 Å². The molecule has 0 saturated carbocycles. The highest BCUT2D eigenvalue weighted by molar-refractivity contribution is 7.93. The fourth-order valence-electron chi connectivity index (χ4n) is 3.06. The average molecular weight is 327 g/mol. The molecule has 0 unspecified atom stereocenters. The van der Waals surface area contributed by atoms with E-state index in [-0.39, 0.29) is 6.04 Å². The minimum Gasteiger partial charge on any atom is -0.207 e. The van der Waals surface area contributed by atoms with Crippen LogP contribution in [0.1, 0.15) is 41.6 Å². The number of fused-ring (bicyclic) bond motifs is 1. The molecule has 0 amide bonds. The number of benzene rings is 2. The molecule has 2 aromatic carbocycles. The summed E-state index contributed by atoms with van der Waals surface area (Å²) in [5.74, 6) is 0. The van der Waals surface area contributed by atoms with Gasteiger partial charge in [0.2, 0.25) is 10.0 Å². The van der Waals surface area contributed by atoms with Crippen molar-refractivity contribution >= 4 is 16.1 Å². The summed E-state index contributed by atoms with van der Waals surface area (Å²) in [6.45, 7) is 3.88. The van der Waals surface area contributed by atoms with Crippen LogP contribution in [0.4, 0.5) is 0 Å². The van der Waals surface area contributed by atoms with Crippen molar-refractivity contribution < 1.29 is 8.42 Å². The lowest BCUT2D eigenvalue weighted by atomic mass is 9.98. The fourth-order valence-corrected chi connectivity index (χ4v) is 4.46. The zero-order valence-electron chi connectivity index (χ0n) is 13.4. The normalized spacial score (nSPS) is 15.7. The summed E-state index contributed by atoms with van der Waals surface area (Å²) in [7, 11) is -3.48. The maximum absolute atomic E-state index is 12.7. The quantitative estimate of drug-likeness (QED) is 0.924. The Morgan fingerprint density at radius 3 is 2.48 bits per heavy atom. The van der Waals surface area contributed by atoms with Crippen molar-refractivity contribution in [1.29, 1.82) is 0 Å². The highest BCUT2D eigenvalue weighted by Gasteiger charge is 2.24. The monoisotopic (exact) mass is 327 g/mol. The van der Waals surface area contributed by atoms with Crippen LogP contribution in [0.5, 0.6) is 0 Å². The molecule has 1 atom stereocenters. The van der Waals surface area contributed by atoms with E-state index in [1.165, 1.54) is 5.56 Å². The van der Waals surface area contributed by atoms with E-state index in [1.807, 2.05) is 56.3 Å². The Bertz CT molecular complexity index is 853. The SMILES string of the molecule is Cc1ccccc1[C@@H](C)NS(=O)(=O)C1=Cc2ccccc2CC1. The highest BCUT2D eigenvalue weighted by Crippen LogP contribution is 2.28. The van der Waals surface area contributed by atoms with Crippen molar-refractivity contribution in [1.82, 2.24) is 4.72 Å². The number of rotatable bonds is 4. The van der Waals surface area contributed by atoms with Crippen molar-refractivity contribution in [2.24, 2.45) is 0 Å². The molecule has 1 aliphatic carbocycles. The number of hydrogen-bond donors (Lipinski definition) is 1. The summed E-state index contributed by atoms with van der Waals surface area (Å²) in [4.78, 5) is 0.469. The van der Waals surface area contributed by atoms with Gasteiger partial charge in [-0.25, -0.2) is 13.1 Å². The van der Waals surface area contributed by atoms with E-state index in [4.69, 9.17) is 0 Å². The Balaban J connectivity index is 1.86. The van der Waals surface area contributed by atoms with Gasteiger partial charge in [0.05, 0.1) is 4.91 Å². The lowest BCUT2D eigenvalue weighted by molar-refractivity contribution is 0.571. The van der Waals surface area contributed by atoms with Gasteiger partial charge in [-0.2, -0.15) is 0 Å². The first-order valence-corrected chi connectivity index (χ1v) is 9.32. The summed E-state index contributed by atoms with van der Waals surface area (Å²) in [6, 6.07) is 15.6. The number of allylic oxidation sites excluding steroid dienone is 1. The molecule has 0 radical (unpaired) electrons. The second-order valence-electron chi connectivity index (χ2n) is 6.01. The Morgan fingerprint density at radius 1 is 1.00 bits per heavy atom. The number of sulfonamides is 1. The van der Waals surface area contributed by atoms with Gasteiger partial charge in [-0.3, -0.25) is 0 Å². The third-order valence-electron chi connectivity index (χ3n) is 4.34. The molecule has 3 nitrogen and oxygen atoms in total. The molecule has 0 aromatic heterocycles. The van der Waals surface area contributed by atoms with E-state index < -0.39 is 10.0 Å². The van der Waals surface area contributed by atoms with Crippen LogP contribution in [0.2, 0.25) is 0 Å². The minimum atomic E-state index is -3.48. The van der Waals surface area contributed by atoms with Crippen LogP contribution in [0.15, 0.2) is 53.4 Å². The Hall–Kier alpha value is -1.91. The van der Waals surface area contributed by atoms with Crippen LogP contribution in [-0.4, -0.2) is 8.42 Å². The van der Waals surface area contributed by atoms with Gasteiger partial charge >= 0.3 is 0 Å². The van der Waals surface area contributed by atoms with Gasteiger partial charge in [-0.15, -0.1) is 0 Å². The third kappa shape index (κ3) is 3.38. The smallest absolute Gasteiger partial charge is 0.207 e. The van der Waals surface area contributed by atoms with Crippen molar-refractivity contribution in [3.8, 4) is 0 Å². The zero-order valence-corrected chi connectivity index (χ0v) is 14.2. The van der Waals surface area contributed by atoms with Gasteiger partial charge in [0.25, 0.3) is 0 Å². The molecule has 0 spiro atoms. The predicted molar refractivity (Wildman–Crippen MR) is 94.4 cm³/mol. The first kappa shape index (κ1) is 16.0. The molecule has 0 saturated heterocycles. The van der Waals surface area contributed by atoms with E-state index in [2.05, 4.69) is 10.8 Å². The van der Waals surface area contributed by atoms with Gasteiger partial charge in [0.1, 0.15) is 0 Å². The number of hydrogen-bond acceptors (Lipinski definition) is 2. The molecule has 120 valence electrons. The van der Waals surface area contributed by atoms with E-state index in [9.17, 15) is 8.42 Å². The largest absolute Gasteiger partial charge is 0.237 e. The molecule has 0 bridgehead atoms. The summed E-state index contributed by atoms with van der Waals surface area (Å²) < 4.78 is 28.2. The van der Waals surface area contributed by atoms with E-state index in [0.29, 0.717) is 11.3 Å². The Labute approximate surface area is 138 Å². The van der Waals surface area contributed by atoms with Crippen LogP contribution < -0.4 is 4.72 Å². The van der Waals surface area contributed by atoms with Crippen LogP contribution in [0.3, 0.4) is 0 Å². The maximum Gasteiger partial charge on any atom is 0.237 e. The van der Waals surface area contributed by atoms with Crippen LogP contribution in [0.25, 0.3) is 6.08 Å². The van der Waals surface area contributed by atoms with E-state index >= 15 is 0 Å². The van der Waals surface area contributed by atoms with Gasteiger partial charge in [-0.1, -0.05) is 48.5 Å². The lowest BCUT2D eigenvalue weighted by Gasteiger charge is -2.21. The molecule has 3 rings (SSSR count). The molecule has 4 heteroatoms. The minimum absolute atomic E-state index is 0.251. The fraction of sp³-hybridized carbons (Fsp3) is 0.263. The van der Waals surface area contributed by atoms with Crippen molar-refractivity contribution in [3.05, 3.63) is 75.7 Å². The molecule has 0 heterocycles. The molecule has 0 aliphatic heterocycles. The molecule has 23 heavy (non-hydrogen) atoms. The topological polar surface area (TPSA) is 46.2 Å². The molecule has 0 fully saturated rings. The summed E-state index contributed by atoms with van der Waals surface area (Å²) in [5, 5.41) is 0. The average Bonchev–Trinajstić information content (AvgIpc) is 2.54. The van der Waals surface area contributed by atoms with Crippen molar-refractivity contribution in [2.75, 3.05) is 0 Å². The van der Waals surface area contributed by atoms with Crippen LogP contribution in [0, 0.1) is 6.92 Å². The molecule has 2 aromatic rings. The zero-order chi connectivity index (χ0) is 16.4. The Kier molecular flexibility index (Phi) is 4.37. The third-order valence-corrected chi connectivity index (χ3v) is 6.02. The molecular formula is C19H21NO2S. The van der Waals surface area contributed by atoms with Crippen LogP contribution in [-0.2, 0) is 16.4 Å². The standard InChI is InChI=1S/C19H21NO2S/c1-14-7-3-6-10-19(14)15(2)20-23(21,22)18-12-11-16-8-4-5-9-17(16)13-18/h3-10,13,15,20H,11-12H2,1-2H3/t15-/m1/s1. The summed E-state index contributed by atoms with van der Waals surface area (Å²) >= 11 is 0. The van der Waals surface area contributed by atoms with Gasteiger partial charge < -0.3 is 0 Å². The highest BCUT2D eigenvalue weighted by atomic mass is 32.2. The number of nitrogens with one attached hydrogen (secondary N) is 1. The molecular weight excluding hydrogens is 306 g/mol. The lowest BCUT2D eigenvalue weighted by Crippen LogP contribution is -2.29. The molecule has 1 N–H and O–H groups in total. The second-order valence-corrected chi connectivity index (χ2v) is 7.78. The predicted octanol–water partition coefficient (Wildman–Crippen LogP) is 3.96. The maximum atomic E-state index is 12.7. The van der Waals surface area contributed by atoms with Crippen molar-refractivity contribution in [2.45, 2.75) is 32.7 Å². The van der Waals surface area contributed by atoms with Crippen LogP contribution >= 0.6 is 0 Å². The molecule has 1 aliphatic rings. The first-order chi connectivity index (χ1) is 11.0. The number of aryl methyl sites for hydroxylation is 2. The van der Waals surface area contributed by atoms with E-state index in [1.54, 1.807) is 6.08 Å². The van der Waals surface area contributed by atoms with Gasteiger partial charge in [0.15, 0.2) is 0 Å².